The molecule has 0 N–H and O–H groups in total. The zero-order chi connectivity index (χ0) is 45.3. The molecule has 1 fully saturated rings. The molecular formula is C50H38BBrF2N8O2. The minimum atomic E-state index is -0.636. The van der Waals surface area contributed by atoms with Gasteiger partial charge in [0.1, 0.15) is 23.8 Å². The fraction of sp³-hybridized carbons (Fsp3) is 0.120. The molecule has 2 aromatic heterocycles. The van der Waals surface area contributed by atoms with Gasteiger partial charge in [0.05, 0.1) is 22.3 Å². The molecule has 6 aromatic carbocycles. The van der Waals surface area contributed by atoms with Crippen LogP contribution in [-0.4, -0.2) is 48.2 Å². The van der Waals surface area contributed by atoms with Crippen LogP contribution in [0.4, 0.5) is 8.78 Å². The highest BCUT2D eigenvalue weighted by Gasteiger charge is 2.53. The Bertz CT molecular complexity index is 2840. The van der Waals surface area contributed by atoms with Crippen LogP contribution < -0.4 is 5.72 Å². The molecule has 314 valence electrons. The van der Waals surface area contributed by atoms with E-state index in [-0.39, 0.29) is 11.1 Å². The van der Waals surface area contributed by atoms with Crippen LogP contribution in [0.3, 0.4) is 0 Å². The third-order valence-electron chi connectivity index (χ3n) is 10.3. The summed E-state index contributed by atoms with van der Waals surface area (Å²) in [4.78, 5) is 27.7. The molecule has 3 heterocycles. The van der Waals surface area contributed by atoms with Crippen LogP contribution in [0.25, 0.3) is 56.9 Å². The van der Waals surface area contributed by atoms with E-state index in [2.05, 4.69) is 45.8 Å². The van der Waals surface area contributed by atoms with E-state index in [1.165, 1.54) is 24.3 Å². The van der Waals surface area contributed by atoms with Gasteiger partial charge in [-0.15, -0.1) is 0 Å². The Labute approximate surface area is 378 Å². The second-order valence-corrected chi connectivity index (χ2v) is 16.2. The first kappa shape index (κ1) is 44.7. The SMILES string of the molecule is CC1(C)OB(c2nc(-c3ccccc3)nc(-c3ccccc3)n2)OC1(C)C.N#Cc1cc(-c2nc(-c3ccccc3)nc(-c3ccccc3)n2)ccc1F.N#Cc1cc(Br)ccc1F. The van der Waals surface area contributed by atoms with Crippen LogP contribution in [0.5, 0.6) is 0 Å². The third-order valence-corrected chi connectivity index (χ3v) is 10.8. The van der Waals surface area contributed by atoms with Crippen molar-refractivity contribution in [2.45, 2.75) is 38.9 Å². The van der Waals surface area contributed by atoms with Crippen LogP contribution in [0.1, 0.15) is 38.8 Å². The lowest BCUT2D eigenvalue weighted by molar-refractivity contribution is 0.00578. The van der Waals surface area contributed by atoms with E-state index in [4.69, 9.17) is 19.8 Å². The molecule has 8 aromatic rings. The number of aromatic nitrogens is 6. The molecule has 0 atom stereocenters. The van der Waals surface area contributed by atoms with Crippen LogP contribution in [0, 0.1) is 34.3 Å². The van der Waals surface area contributed by atoms with Crippen LogP contribution >= 0.6 is 15.9 Å². The first-order valence-electron chi connectivity index (χ1n) is 20.0. The number of hydrogen-bond acceptors (Lipinski definition) is 10. The van der Waals surface area contributed by atoms with E-state index >= 15 is 0 Å². The third kappa shape index (κ3) is 10.6. The Hall–Kier alpha value is -7.36. The van der Waals surface area contributed by atoms with Gasteiger partial charge in [-0.2, -0.15) is 10.5 Å². The quantitative estimate of drug-likeness (QED) is 0.148. The molecule has 64 heavy (non-hydrogen) atoms. The molecule has 9 rings (SSSR count). The zero-order valence-electron chi connectivity index (χ0n) is 35.1. The summed E-state index contributed by atoms with van der Waals surface area (Å²) in [5.41, 5.74) is 3.70. The number of hydrogen-bond donors (Lipinski definition) is 0. The number of rotatable bonds is 6. The molecule has 0 amide bonds. The van der Waals surface area contributed by atoms with E-state index in [0.717, 1.165) is 22.3 Å². The molecule has 10 nitrogen and oxygen atoms in total. The second-order valence-electron chi connectivity index (χ2n) is 15.2. The summed E-state index contributed by atoms with van der Waals surface area (Å²) < 4.78 is 39.3. The van der Waals surface area contributed by atoms with Crippen molar-refractivity contribution in [2.75, 3.05) is 0 Å². The predicted molar refractivity (Wildman–Crippen MR) is 246 cm³/mol. The fourth-order valence-electron chi connectivity index (χ4n) is 6.15. The Morgan fingerprint density at radius 3 is 1.14 bits per heavy atom. The summed E-state index contributed by atoms with van der Waals surface area (Å²) >= 11 is 3.12. The number of nitrogens with zero attached hydrogens (tertiary/aromatic N) is 8. The fourth-order valence-corrected chi connectivity index (χ4v) is 6.51. The van der Waals surface area contributed by atoms with E-state index in [1.54, 1.807) is 18.2 Å². The lowest BCUT2D eigenvalue weighted by Crippen LogP contribution is -2.41. The van der Waals surface area contributed by atoms with E-state index < -0.39 is 30.0 Å². The van der Waals surface area contributed by atoms with Gasteiger partial charge in [0, 0.05) is 32.3 Å². The van der Waals surface area contributed by atoms with Crippen LogP contribution in [0.15, 0.2) is 162 Å². The van der Waals surface area contributed by atoms with Gasteiger partial charge >= 0.3 is 7.12 Å². The van der Waals surface area contributed by atoms with Crippen molar-refractivity contribution < 1.29 is 18.1 Å². The average molecular weight is 912 g/mol. The summed E-state index contributed by atoms with van der Waals surface area (Å²) in [6.45, 7) is 8.07. The largest absolute Gasteiger partial charge is 0.534 e. The average Bonchev–Trinajstić information content (AvgIpc) is 3.56. The van der Waals surface area contributed by atoms with Gasteiger partial charge in [-0.25, -0.2) is 38.7 Å². The highest BCUT2D eigenvalue weighted by molar-refractivity contribution is 9.10. The van der Waals surface area contributed by atoms with E-state index in [0.29, 0.717) is 44.9 Å². The molecular weight excluding hydrogens is 873 g/mol. The molecule has 0 spiro atoms. The van der Waals surface area contributed by atoms with Gasteiger partial charge in [-0.3, -0.25) is 0 Å². The first-order chi connectivity index (χ1) is 30.8. The highest BCUT2D eigenvalue weighted by Crippen LogP contribution is 2.36. The van der Waals surface area contributed by atoms with Gasteiger partial charge in [-0.1, -0.05) is 137 Å². The molecule has 1 saturated heterocycles. The van der Waals surface area contributed by atoms with E-state index in [1.807, 2.05) is 155 Å². The molecule has 0 saturated carbocycles. The van der Waals surface area contributed by atoms with Gasteiger partial charge in [0.2, 0.25) is 0 Å². The minimum absolute atomic E-state index is 0.0459. The zero-order valence-corrected chi connectivity index (χ0v) is 36.7. The van der Waals surface area contributed by atoms with Crippen molar-refractivity contribution in [3.8, 4) is 69.1 Å². The minimum Gasteiger partial charge on any atom is -0.397 e. The molecule has 0 bridgehead atoms. The molecule has 14 heteroatoms. The number of benzene rings is 6. The molecule has 1 aliphatic rings. The summed E-state index contributed by atoms with van der Waals surface area (Å²) in [5, 5.41) is 17.4. The van der Waals surface area contributed by atoms with E-state index in [9.17, 15) is 8.78 Å². The molecule has 0 radical (unpaired) electrons. The van der Waals surface area contributed by atoms with Gasteiger partial charge in [0.15, 0.2) is 34.8 Å². The number of halogens is 3. The summed E-state index contributed by atoms with van der Waals surface area (Å²) in [6, 6.07) is 51.0. The maximum Gasteiger partial charge on any atom is 0.534 e. The highest BCUT2D eigenvalue weighted by atomic mass is 79.9. The van der Waals surface area contributed by atoms with Gasteiger partial charge in [0.25, 0.3) is 0 Å². The normalized spacial score (nSPS) is 13.3. The topological polar surface area (TPSA) is 143 Å². The summed E-state index contributed by atoms with van der Waals surface area (Å²) in [5.74, 6) is 1.58. The van der Waals surface area contributed by atoms with Crippen molar-refractivity contribution in [3.63, 3.8) is 0 Å². The Morgan fingerprint density at radius 1 is 0.453 bits per heavy atom. The second kappa shape index (κ2) is 19.8. The van der Waals surface area contributed by atoms with Crippen molar-refractivity contribution in [1.29, 1.82) is 10.5 Å². The lowest BCUT2D eigenvalue weighted by atomic mass is 9.89. The van der Waals surface area contributed by atoms with Crippen molar-refractivity contribution >= 4 is 28.8 Å². The summed E-state index contributed by atoms with van der Waals surface area (Å²) in [7, 11) is -0.636. The Kier molecular flexibility index (Phi) is 13.8. The molecule has 0 unspecified atom stereocenters. The molecule has 1 aliphatic heterocycles. The predicted octanol–water partition coefficient (Wildman–Crippen LogP) is 10.8. The summed E-state index contributed by atoms with van der Waals surface area (Å²) in [6.07, 6.45) is 0. The monoisotopic (exact) mass is 910 g/mol. The van der Waals surface area contributed by atoms with Crippen molar-refractivity contribution in [1.82, 2.24) is 29.9 Å². The first-order valence-corrected chi connectivity index (χ1v) is 20.8. The van der Waals surface area contributed by atoms with Crippen LogP contribution in [0.2, 0.25) is 0 Å². The van der Waals surface area contributed by atoms with Crippen molar-refractivity contribution in [3.05, 3.63) is 185 Å². The standard InChI is InChI=1S/C22H13FN4.C21H22BN3O2.C7H3BrFN/c23-19-12-11-17(13-18(19)14-24)22-26-20(15-7-3-1-4-8-15)25-21(27-22)16-9-5-2-6-10-16;1-20(2)21(3,4)27-22(26-20)19-24-17(15-11-7-5-8-12-15)23-18(25-19)16-13-9-6-10-14-16;8-6-1-2-7(9)5(3-6)4-10/h1-13H;5-14H,1-4H3;1-3H. The molecule has 0 aliphatic carbocycles. The Balaban J connectivity index is 0.000000158. The smallest absolute Gasteiger partial charge is 0.397 e. The number of nitriles is 2. The van der Waals surface area contributed by atoms with Crippen LogP contribution in [-0.2, 0) is 9.31 Å². The van der Waals surface area contributed by atoms with Gasteiger partial charge < -0.3 is 9.31 Å². The maximum absolute atomic E-state index is 13.7. The van der Waals surface area contributed by atoms with Crippen molar-refractivity contribution in [2.24, 2.45) is 0 Å². The van der Waals surface area contributed by atoms with Gasteiger partial charge in [-0.05, 0) is 64.1 Å². The maximum atomic E-state index is 13.7. The lowest BCUT2D eigenvalue weighted by Gasteiger charge is -2.32. The Morgan fingerprint density at radius 2 is 0.781 bits per heavy atom.